The lowest BCUT2D eigenvalue weighted by Crippen LogP contribution is -2.43. The molecule has 0 bridgehead atoms. The molecule has 0 unspecified atom stereocenters. The topological polar surface area (TPSA) is 86.5 Å². The highest BCUT2D eigenvalue weighted by Crippen LogP contribution is 2.32. The quantitative estimate of drug-likeness (QED) is 0.547. The number of piperazine rings is 1. The Kier molecular flexibility index (Phi) is 6.20. The van der Waals surface area contributed by atoms with Crippen molar-refractivity contribution in [2.75, 3.05) is 38.5 Å². The van der Waals surface area contributed by atoms with Crippen molar-refractivity contribution in [2.45, 2.75) is 69.7 Å². The van der Waals surface area contributed by atoms with Gasteiger partial charge in [0.05, 0.1) is 6.10 Å². The minimum atomic E-state index is -0.269. The summed E-state index contributed by atoms with van der Waals surface area (Å²) in [5, 5.41) is 16.1. The third kappa shape index (κ3) is 4.55. The molecule has 35 heavy (non-hydrogen) atoms. The molecule has 8 nitrogen and oxygen atoms in total. The Balaban J connectivity index is 1.43. The molecule has 0 spiro atoms. The summed E-state index contributed by atoms with van der Waals surface area (Å²) in [6, 6.07) is 6.80. The average Bonchev–Trinajstić information content (AvgIpc) is 2.84. The highest BCUT2D eigenvalue weighted by molar-refractivity contribution is 6.04. The third-order valence-corrected chi connectivity index (χ3v) is 8.29. The van der Waals surface area contributed by atoms with Crippen LogP contribution in [-0.2, 0) is 6.54 Å². The zero-order valence-corrected chi connectivity index (χ0v) is 20.6. The number of hydrogen-bond donors (Lipinski definition) is 2. The van der Waals surface area contributed by atoms with Gasteiger partial charge in [-0.15, -0.1) is 0 Å². The summed E-state index contributed by atoms with van der Waals surface area (Å²) in [5.74, 6) is 0.609. The third-order valence-electron chi connectivity index (χ3n) is 8.29. The number of aromatic nitrogens is 3. The monoisotopic (exact) mass is 476 g/mol. The van der Waals surface area contributed by atoms with Crippen molar-refractivity contribution in [1.82, 2.24) is 24.3 Å². The molecule has 1 aliphatic heterocycles. The van der Waals surface area contributed by atoms with Gasteiger partial charge in [-0.3, -0.25) is 14.3 Å². The fourth-order valence-corrected chi connectivity index (χ4v) is 5.80. The van der Waals surface area contributed by atoms with Gasteiger partial charge < -0.3 is 15.3 Å². The van der Waals surface area contributed by atoms with Gasteiger partial charge in [0, 0.05) is 61.8 Å². The highest BCUT2D eigenvalue weighted by atomic mass is 16.3. The van der Waals surface area contributed by atoms with Gasteiger partial charge in [-0.05, 0) is 69.0 Å². The first kappa shape index (κ1) is 22.9. The van der Waals surface area contributed by atoms with E-state index in [1.54, 1.807) is 0 Å². The normalized spacial score (nSPS) is 24.6. The number of anilines is 1. The molecule has 186 valence electrons. The van der Waals surface area contributed by atoms with Crippen LogP contribution in [0.3, 0.4) is 0 Å². The van der Waals surface area contributed by atoms with Gasteiger partial charge in [0.25, 0.3) is 5.56 Å². The van der Waals surface area contributed by atoms with Crippen LogP contribution in [0.5, 0.6) is 0 Å². The minimum Gasteiger partial charge on any atom is -0.393 e. The second-order valence-corrected chi connectivity index (χ2v) is 10.8. The van der Waals surface area contributed by atoms with E-state index in [2.05, 4.69) is 45.3 Å². The van der Waals surface area contributed by atoms with E-state index < -0.39 is 0 Å². The summed E-state index contributed by atoms with van der Waals surface area (Å²) in [5.41, 5.74) is 1.92. The van der Waals surface area contributed by atoms with E-state index in [0.29, 0.717) is 17.6 Å². The van der Waals surface area contributed by atoms with Crippen LogP contribution >= 0.6 is 0 Å². The lowest BCUT2D eigenvalue weighted by Gasteiger charge is -2.32. The number of fused-ring (bicyclic) bond motifs is 3. The second-order valence-electron chi connectivity index (χ2n) is 10.8. The predicted octanol–water partition coefficient (Wildman–Crippen LogP) is 3.13. The first-order valence-electron chi connectivity index (χ1n) is 13.2. The molecule has 2 aliphatic carbocycles. The molecule has 0 atom stereocenters. The molecule has 6 rings (SSSR count). The lowest BCUT2D eigenvalue weighted by atomic mass is 9.92. The Hall–Kier alpha value is -2.55. The highest BCUT2D eigenvalue weighted by Gasteiger charge is 2.26. The number of pyridine rings is 1. The predicted molar refractivity (Wildman–Crippen MR) is 139 cm³/mol. The molecule has 3 aliphatic rings. The van der Waals surface area contributed by atoms with Crippen LogP contribution in [0.15, 0.2) is 29.2 Å². The van der Waals surface area contributed by atoms with Gasteiger partial charge in [-0.2, -0.15) is 4.98 Å². The van der Waals surface area contributed by atoms with Gasteiger partial charge in [0.15, 0.2) is 0 Å². The minimum absolute atomic E-state index is 0.0300. The maximum absolute atomic E-state index is 14.0. The Morgan fingerprint density at radius 2 is 1.77 bits per heavy atom. The van der Waals surface area contributed by atoms with E-state index in [1.165, 1.54) is 12.0 Å². The van der Waals surface area contributed by atoms with Gasteiger partial charge in [0.2, 0.25) is 5.95 Å². The summed E-state index contributed by atoms with van der Waals surface area (Å²) >= 11 is 0. The van der Waals surface area contributed by atoms with Crippen molar-refractivity contribution in [1.29, 1.82) is 0 Å². The SMILES string of the molecule is CN1CCN(Cc2ccc3c(c2)c(=O)n([C@H]2CC[C@H](O)CC2)c2nc(NC4CCC4)ncc32)CC1. The smallest absolute Gasteiger partial charge is 0.260 e. The first-order valence-corrected chi connectivity index (χ1v) is 13.2. The van der Waals surface area contributed by atoms with Crippen molar-refractivity contribution in [3.05, 3.63) is 40.3 Å². The van der Waals surface area contributed by atoms with Gasteiger partial charge in [0.1, 0.15) is 5.65 Å². The Morgan fingerprint density at radius 1 is 1.00 bits per heavy atom. The van der Waals surface area contributed by atoms with Crippen molar-refractivity contribution < 1.29 is 5.11 Å². The summed E-state index contributed by atoms with van der Waals surface area (Å²) in [6.45, 7) is 5.11. The molecular weight excluding hydrogens is 440 g/mol. The summed E-state index contributed by atoms with van der Waals surface area (Å²) < 4.78 is 1.91. The van der Waals surface area contributed by atoms with Crippen molar-refractivity contribution in [3.8, 4) is 0 Å². The number of rotatable bonds is 5. The molecule has 2 aromatic heterocycles. The van der Waals surface area contributed by atoms with Crippen LogP contribution in [0, 0.1) is 0 Å². The van der Waals surface area contributed by atoms with Crippen molar-refractivity contribution in [3.63, 3.8) is 0 Å². The maximum atomic E-state index is 14.0. The molecule has 0 radical (unpaired) electrons. The number of benzene rings is 1. The van der Waals surface area contributed by atoms with Crippen LogP contribution < -0.4 is 10.9 Å². The van der Waals surface area contributed by atoms with Crippen molar-refractivity contribution >= 4 is 27.8 Å². The number of hydrogen-bond acceptors (Lipinski definition) is 7. The zero-order chi connectivity index (χ0) is 23.9. The zero-order valence-electron chi connectivity index (χ0n) is 20.6. The van der Waals surface area contributed by atoms with E-state index in [0.717, 1.165) is 87.4 Å². The second kappa shape index (κ2) is 9.48. The molecule has 8 heteroatoms. The molecule has 3 heterocycles. The Labute approximate surface area is 206 Å². The van der Waals surface area contributed by atoms with Crippen molar-refractivity contribution in [2.24, 2.45) is 0 Å². The average molecular weight is 477 g/mol. The largest absolute Gasteiger partial charge is 0.393 e. The molecule has 2 saturated carbocycles. The van der Waals surface area contributed by atoms with E-state index in [4.69, 9.17) is 4.98 Å². The summed E-state index contributed by atoms with van der Waals surface area (Å²) in [6.07, 6.45) is 8.16. The lowest BCUT2D eigenvalue weighted by molar-refractivity contribution is 0.111. The molecule has 0 amide bonds. The van der Waals surface area contributed by atoms with E-state index >= 15 is 0 Å². The molecule has 1 saturated heterocycles. The van der Waals surface area contributed by atoms with E-state index in [-0.39, 0.29) is 17.7 Å². The number of nitrogens with one attached hydrogen (secondary N) is 1. The van der Waals surface area contributed by atoms with Gasteiger partial charge in [-0.25, -0.2) is 4.98 Å². The maximum Gasteiger partial charge on any atom is 0.260 e. The Morgan fingerprint density at radius 3 is 2.49 bits per heavy atom. The summed E-state index contributed by atoms with van der Waals surface area (Å²) in [4.78, 5) is 28.4. The standard InChI is InChI=1S/C27H36N6O2/c1-31-11-13-32(14-12-31)17-18-5-10-22-23(15-18)26(35)33(20-6-8-21(34)9-7-20)25-24(22)16-28-27(30-25)29-19-3-2-4-19/h5,10,15-16,19-21,34H,2-4,6-9,11-14,17H2,1H3,(H,28,29,30)/t20-,21-. The molecular formula is C27H36N6O2. The molecule has 2 N–H and O–H groups in total. The van der Waals surface area contributed by atoms with Crippen LogP contribution in [0.1, 0.15) is 56.6 Å². The number of aliphatic hydroxyl groups excluding tert-OH is 1. The first-order chi connectivity index (χ1) is 17.0. The molecule has 3 aromatic rings. The van der Waals surface area contributed by atoms with E-state index in [1.807, 2.05) is 10.8 Å². The van der Waals surface area contributed by atoms with Gasteiger partial charge >= 0.3 is 0 Å². The molecule has 1 aromatic carbocycles. The van der Waals surface area contributed by atoms with E-state index in [9.17, 15) is 9.90 Å². The van der Waals surface area contributed by atoms with Crippen LogP contribution in [0.25, 0.3) is 21.8 Å². The number of aliphatic hydroxyl groups is 1. The Bertz CT molecular complexity index is 1270. The van der Waals surface area contributed by atoms with Crippen LogP contribution in [-0.4, -0.2) is 74.8 Å². The van der Waals surface area contributed by atoms with Crippen LogP contribution in [0.2, 0.25) is 0 Å². The number of likely N-dealkylation sites (N-methyl/N-ethyl adjacent to an activating group) is 1. The fraction of sp³-hybridized carbons (Fsp3) is 0.593. The number of nitrogens with zero attached hydrogens (tertiary/aromatic N) is 5. The van der Waals surface area contributed by atoms with Crippen LogP contribution in [0.4, 0.5) is 5.95 Å². The van der Waals surface area contributed by atoms with Gasteiger partial charge in [-0.1, -0.05) is 12.1 Å². The molecule has 3 fully saturated rings. The fourth-order valence-electron chi connectivity index (χ4n) is 5.80. The summed E-state index contributed by atoms with van der Waals surface area (Å²) in [7, 11) is 2.17.